The molecule has 1 aromatic carbocycles. The van der Waals surface area contributed by atoms with Crippen LogP contribution in [0.5, 0.6) is 11.5 Å². The van der Waals surface area contributed by atoms with Crippen molar-refractivity contribution in [1.82, 2.24) is 9.97 Å². The highest BCUT2D eigenvalue weighted by Crippen LogP contribution is 2.36. The molecule has 0 spiro atoms. The average molecular weight is 287 g/mol. The van der Waals surface area contributed by atoms with Crippen LogP contribution in [0.1, 0.15) is 43.8 Å². The highest BCUT2D eigenvalue weighted by molar-refractivity contribution is 5.80. The molecule has 5 heteroatoms. The molecule has 1 saturated carbocycles. The van der Waals surface area contributed by atoms with Crippen molar-refractivity contribution >= 4 is 11.0 Å². The van der Waals surface area contributed by atoms with Gasteiger partial charge in [0.2, 0.25) is 0 Å². The number of aromatic amines is 1. The molecule has 112 valence electrons. The Morgan fingerprint density at radius 3 is 2.62 bits per heavy atom. The lowest BCUT2D eigenvalue weighted by Gasteiger charge is -2.26. The van der Waals surface area contributed by atoms with E-state index < -0.39 is 0 Å². The first-order valence-electron chi connectivity index (χ1n) is 7.86. The largest absolute Gasteiger partial charge is 0.489 e. The first-order valence-corrected chi connectivity index (χ1v) is 7.86. The van der Waals surface area contributed by atoms with Gasteiger partial charge in [-0.2, -0.15) is 0 Å². The van der Waals surface area contributed by atoms with Gasteiger partial charge in [-0.25, -0.2) is 4.98 Å². The lowest BCUT2D eigenvalue weighted by molar-refractivity contribution is 0.297. The van der Waals surface area contributed by atoms with Crippen LogP contribution in [0.25, 0.3) is 11.0 Å². The van der Waals surface area contributed by atoms with E-state index in [4.69, 9.17) is 20.2 Å². The molecule has 1 aromatic heterocycles. The summed E-state index contributed by atoms with van der Waals surface area (Å²) in [4.78, 5) is 8.19. The van der Waals surface area contributed by atoms with Crippen LogP contribution in [0.15, 0.2) is 12.1 Å². The number of benzene rings is 1. The van der Waals surface area contributed by atoms with Crippen molar-refractivity contribution in [3.05, 3.63) is 18.0 Å². The van der Waals surface area contributed by atoms with Gasteiger partial charge in [-0.15, -0.1) is 0 Å². The van der Waals surface area contributed by atoms with Gasteiger partial charge in [0.1, 0.15) is 5.82 Å². The molecule has 1 fully saturated rings. The monoisotopic (exact) mass is 287 g/mol. The van der Waals surface area contributed by atoms with Crippen molar-refractivity contribution < 1.29 is 9.47 Å². The molecule has 2 heterocycles. The zero-order chi connectivity index (χ0) is 14.2. The standard InChI is InChI=1S/C16H21N3O2/c17-11-5-2-1-4-10(11)16-18-12-8-14-15(9-13(12)19-16)21-7-3-6-20-14/h8-11H,1-7,17H2,(H,18,19). The van der Waals surface area contributed by atoms with Gasteiger partial charge in [-0.05, 0) is 12.8 Å². The molecule has 5 nitrogen and oxygen atoms in total. The Balaban J connectivity index is 1.72. The number of aromatic nitrogens is 2. The van der Waals surface area contributed by atoms with Crippen molar-refractivity contribution in [2.24, 2.45) is 5.73 Å². The highest BCUT2D eigenvalue weighted by Gasteiger charge is 2.26. The second kappa shape index (κ2) is 5.22. The molecule has 0 saturated heterocycles. The van der Waals surface area contributed by atoms with Gasteiger partial charge in [0.15, 0.2) is 11.5 Å². The first kappa shape index (κ1) is 13.0. The van der Waals surface area contributed by atoms with Crippen LogP contribution in [0, 0.1) is 0 Å². The lowest BCUT2D eigenvalue weighted by atomic mass is 9.84. The van der Waals surface area contributed by atoms with E-state index in [1.807, 2.05) is 12.1 Å². The van der Waals surface area contributed by atoms with Gasteiger partial charge < -0.3 is 20.2 Å². The number of imidazole rings is 1. The Labute approximate surface area is 123 Å². The number of nitrogens with two attached hydrogens (primary N) is 1. The third kappa shape index (κ3) is 2.35. The number of rotatable bonds is 1. The Kier molecular flexibility index (Phi) is 3.22. The SMILES string of the molecule is NC1CCCCC1c1nc2cc3c(cc2[nH]1)OCCCO3. The summed E-state index contributed by atoms with van der Waals surface area (Å²) in [5.41, 5.74) is 8.21. The number of ether oxygens (including phenoxy) is 2. The fraction of sp³-hybridized carbons (Fsp3) is 0.562. The Hall–Kier alpha value is -1.75. The second-order valence-corrected chi connectivity index (χ2v) is 6.04. The van der Waals surface area contributed by atoms with Crippen LogP contribution >= 0.6 is 0 Å². The smallest absolute Gasteiger partial charge is 0.163 e. The maximum atomic E-state index is 6.27. The van der Waals surface area contributed by atoms with E-state index >= 15 is 0 Å². The fourth-order valence-electron chi connectivity index (χ4n) is 3.36. The fourth-order valence-corrected chi connectivity index (χ4v) is 3.36. The molecule has 2 unspecified atom stereocenters. The minimum Gasteiger partial charge on any atom is -0.489 e. The zero-order valence-corrected chi connectivity index (χ0v) is 12.1. The van der Waals surface area contributed by atoms with E-state index in [2.05, 4.69) is 4.98 Å². The number of fused-ring (bicyclic) bond motifs is 2. The summed E-state index contributed by atoms with van der Waals surface area (Å²) in [5.74, 6) is 2.96. The summed E-state index contributed by atoms with van der Waals surface area (Å²) in [6.45, 7) is 1.40. The number of hydrogen-bond donors (Lipinski definition) is 2. The molecule has 0 radical (unpaired) electrons. The van der Waals surface area contributed by atoms with Crippen LogP contribution in [-0.2, 0) is 0 Å². The normalized spacial score (nSPS) is 25.8. The van der Waals surface area contributed by atoms with Crippen LogP contribution in [0.3, 0.4) is 0 Å². The van der Waals surface area contributed by atoms with E-state index in [-0.39, 0.29) is 6.04 Å². The molecule has 3 N–H and O–H groups in total. The van der Waals surface area contributed by atoms with Crippen LogP contribution in [0.2, 0.25) is 0 Å². The van der Waals surface area contributed by atoms with E-state index in [0.717, 1.165) is 47.6 Å². The third-order valence-corrected chi connectivity index (χ3v) is 4.54. The molecule has 2 aliphatic rings. The van der Waals surface area contributed by atoms with Gasteiger partial charge in [0, 0.05) is 30.5 Å². The highest BCUT2D eigenvalue weighted by atomic mass is 16.5. The molecule has 21 heavy (non-hydrogen) atoms. The Bertz CT molecular complexity index is 609. The maximum Gasteiger partial charge on any atom is 0.163 e. The van der Waals surface area contributed by atoms with Gasteiger partial charge in [-0.3, -0.25) is 0 Å². The molecular weight excluding hydrogens is 266 g/mol. The van der Waals surface area contributed by atoms with E-state index in [0.29, 0.717) is 19.1 Å². The van der Waals surface area contributed by atoms with E-state index in [1.165, 1.54) is 12.8 Å². The topological polar surface area (TPSA) is 73.2 Å². The molecule has 2 atom stereocenters. The molecule has 1 aliphatic carbocycles. The molecule has 0 amide bonds. The summed E-state index contributed by atoms with van der Waals surface area (Å²) in [7, 11) is 0. The van der Waals surface area contributed by atoms with Crippen molar-refractivity contribution in [3.8, 4) is 11.5 Å². The molecular formula is C16H21N3O2. The summed E-state index contributed by atoms with van der Waals surface area (Å²) in [6.07, 6.45) is 5.59. The summed E-state index contributed by atoms with van der Waals surface area (Å²) in [5, 5.41) is 0. The van der Waals surface area contributed by atoms with Crippen molar-refractivity contribution in [1.29, 1.82) is 0 Å². The van der Waals surface area contributed by atoms with Gasteiger partial charge in [-0.1, -0.05) is 12.8 Å². The quantitative estimate of drug-likeness (QED) is 0.845. The second-order valence-electron chi connectivity index (χ2n) is 6.04. The number of H-pyrrole nitrogens is 1. The molecule has 1 aliphatic heterocycles. The van der Waals surface area contributed by atoms with Crippen LogP contribution < -0.4 is 15.2 Å². The van der Waals surface area contributed by atoms with Crippen LogP contribution in [0.4, 0.5) is 0 Å². The van der Waals surface area contributed by atoms with Crippen molar-refractivity contribution in [2.45, 2.75) is 44.1 Å². The number of nitrogens with zero attached hydrogens (tertiary/aromatic N) is 1. The lowest BCUT2D eigenvalue weighted by Crippen LogP contribution is -2.31. The third-order valence-electron chi connectivity index (χ3n) is 4.54. The summed E-state index contributed by atoms with van der Waals surface area (Å²) in [6, 6.07) is 4.19. The average Bonchev–Trinajstić information content (AvgIpc) is 2.75. The van der Waals surface area contributed by atoms with E-state index in [9.17, 15) is 0 Å². The minimum absolute atomic E-state index is 0.213. The molecule has 4 rings (SSSR count). The molecule has 2 aromatic rings. The first-order chi connectivity index (χ1) is 10.3. The number of nitrogens with one attached hydrogen (secondary N) is 1. The van der Waals surface area contributed by atoms with Crippen molar-refractivity contribution in [2.75, 3.05) is 13.2 Å². The van der Waals surface area contributed by atoms with Gasteiger partial charge in [0.05, 0.1) is 24.2 Å². The predicted molar refractivity (Wildman–Crippen MR) is 80.9 cm³/mol. The van der Waals surface area contributed by atoms with E-state index in [1.54, 1.807) is 0 Å². The minimum atomic E-state index is 0.213. The summed E-state index contributed by atoms with van der Waals surface area (Å²) < 4.78 is 11.5. The van der Waals surface area contributed by atoms with Gasteiger partial charge >= 0.3 is 0 Å². The Morgan fingerprint density at radius 1 is 1.05 bits per heavy atom. The molecule has 0 bridgehead atoms. The van der Waals surface area contributed by atoms with Crippen LogP contribution in [-0.4, -0.2) is 29.2 Å². The maximum absolute atomic E-state index is 6.27. The Morgan fingerprint density at radius 2 is 1.81 bits per heavy atom. The summed E-state index contributed by atoms with van der Waals surface area (Å²) >= 11 is 0. The zero-order valence-electron chi connectivity index (χ0n) is 12.1. The van der Waals surface area contributed by atoms with Gasteiger partial charge in [0.25, 0.3) is 0 Å². The predicted octanol–water partition coefficient (Wildman–Crippen LogP) is 2.71. The number of hydrogen-bond acceptors (Lipinski definition) is 4. The van der Waals surface area contributed by atoms with Crippen molar-refractivity contribution in [3.63, 3.8) is 0 Å².